The Morgan fingerprint density at radius 1 is 0.425 bits per heavy atom. The SMILES string of the molecule is CCC(C)(c1ccc(O)cc1)c1ccc(O)cc1.CCCCCCC(C)(c1ccc(O)cc1)c1ccc(O)cc1. The van der Waals surface area contributed by atoms with Crippen LogP contribution in [0, 0.1) is 0 Å². The average molecular weight is 541 g/mol. The van der Waals surface area contributed by atoms with Crippen molar-refractivity contribution in [1.29, 1.82) is 0 Å². The lowest BCUT2D eigenvalue weighted by molar-refractivity contribution is 0.462. The van der Waals surface area contributed by atoms with Gasteiger partial charge in [-0.25, -0.2) is 0 Å². The summed E-state index contributed by atoms with van der Waals surface area (Å²) in [5.41, 5.74) is 4.51. The Labute approximate surface area is 239 Å². The van der Waals surface area contributed by atoms with Crippen molar-refractivity contribution in [1.82, 2.24) is 0 Å². The molecule has 0 radical (unpaired) electrons. The van der Waals surface area contributed by atoms with Gasteiger partial charge >= 0.3 is 0 Å². The average Bonchev–Trinajstić information content (AvgIpc) is 2.96. The zero-order valence-electron chi connectivity index (χ0n) is 24.3. The monoisotopic (exact) mass is 540 g/mol. The molecule has 0 amide bonds. The number of hydrogen-bond acceptors (Lipinski definition) is 4. The first-order valence-electron chi connectivity index (χ1n) is 14.3. The van der Waals surface area contributed by atoms with Gasteiger partial charge in [-0.1, -0.05) is 102 Å². The molecule has 0 saturated heterocycles. The van der Waals surface area contributed by atoms with Gasteiger partial charge in [0, 0.05) is 10.8 Å². The maximum absolute atomic E-state index is 9.54. The summed E-state index contributed by atoms with van der Waals surface area (Å²) in [5.74, 6) is 1.15. The van der Waals surface area contributed by atoms with E-state index in [2.05, 4.69) is 27.7 Å². The van der Waals surface area contributed by atoms with Crippen LogP contribution < -0.4 is 0 Å². The molecule has 0 aliphatic rings. The second-order valence-electron chi connectivity index (χ2n) is 11.0. The smallest absolute Gasteiger partial charge is 0.115 e. The summed E-state index contributed by atoms with van der Waals surface area (Å²) in [7, 11) is 0. The summed E-state index contributed by atoms with van der Waals surface area (Å²) >= 11 is 0. The Kier molecular flexibility index (Phi) is 10.7. The standard InChI is InChI=1S/C20H26O2.C16H18O2/c1-3-4-5-6-15-20(2,16-7-11-18(21)12-8-16)17-9-13-19(22)14-10-17;1-3-16(2,12-4-8-14(17)9-5-12)13-6-10-15(18)11-7-13/h7-14,21-22H,3-6,15H2,1-2H3;4-11,17-18H,3H2,1-2H3. The summed E-state index contributed by atoms with van der Waals surface area (Å²) < 4.78 is 0. The van der Waals surface area contributed by atoms with E-state index in [1.54, 1.807) is 48.5 Å². The molecule has 4 heteroatoms. The normalized spacial score (nSPS) is 11.5. The Morgan fingerprint density at radius 2 is 0.725 bits per heavy atom. The maximum Gasteiger partial charge on any atom is 0.115 e. The van der Waals surface area contributed by atoms with Crippen LogP contribution in [0.25, 0.3) is 0 Å². The van der Waals surface area contributed by atoms with Gasteiger partial charge in [0.2, 0.25) is 0 Å². The minimum Gasteiger partial charge on any atom is -0.508 e. The van der Waals surface area contributed by atoms with Gasteiger partial charge in [-0.05, 0) is 83.6 Å². The molecule has 4 aromatic rings. The number of benzene rings is 4. The number of aromatic hydroxyl groups is 4. The van der Waals surface area contributed by atoms with Crippen LogP contribution in [-0.4, -0.2) is 20.4 Å². The minimum atomic E-state index is -0.110. The van der Waals surface area contributed by atoms with Crippen LogP contribution in [0.2, 0.25) is 0 Å². The van der Waals surface area contributed by atoms with Crippen LogP contribution in [0.4, 0.5) is 0 Å². The van der Waals surface area contributed by atoms with E-state index in [-0.39, 0.29) is 22.3 Å². The fourth-order valence-electron chi connectivity index (χ4n) is 5.25. The molecule has 4 aromatic carbocycles. The summed E-state index contributed by atoms with van der Waals surface area (Å²) in [6, 6.07) is 29.7. The highest BCUT2D eigenvalue weighted by molar-refractivity contribution is 5.43. The predicted octanol–water partition coefficient (Wildman–Crippen LogP) is 9.19. The van der Waals surface area contributed by atoms with Crippen molar-refractivity contribution >= 4 is 0 Å². The summed E-state index contributed by atoms with van der Waals surface area (Å²) in [5, 5.41) is 37.8. The summed E-state index contributed by atoms with van der Waals surface area (Å²) in [6.07, 6.45) is 6.91. The Balaban J connectivity index is 0.000000225. The van der Waals surface area contributed by atoms with Gasteiger partial charge in [0.05, 0.1) is 0 Å². The van der Waals surface area contributed by atoms with Gasteiger partial charge in [-0.2, -0.15) is 0 Å². The van der Waals surface area contributed by atoms with E-state index >= 15 is 0 Å². The van der Waals surface area contributed by atoms with Crippen molar-refractivity contribution in [3.8, 4) is 23.0 Å². The first-order valence-corrected chi connectivity index (χ1v) is 14.3. The molecule has 0 aromatic heterocycles. The van der Waals surface area contributed by atoms with E-state index in [1.165, 1.54) is 36.8 Å². The molecular formula is C36H44O4. The topological polar surface area (TPSA) is 80.9 Å². The highest BCUT2D eigenvalue weighted by Gasteiger charge is 2.29. The number of phenols is 4. The number of rotatable bonds is 10. The number of hydrogen-bond donors (Lipinski definition) is 4. The molecule has 212 valence electrons. The zero-order valence-corrected chi connectivity index (χ0v) is 24.3. The van der Waals surface area contributed by atoms with Crippen molar-refractivity contribution in [3.05, 3.63) is 119 Å². The van der Waals surface area contributed by atoms with Gasteiger partial charge in [0.15, 0.2) is 0 Å². The molecule has 4 N–H and O–H groups in total. The van der Waals surface area contributed by atoms with E-state index in [0.717, 1.165) is 24.0 Å². The Morgan fingerprint density at radius 3 is 1.00 bits per heavy atom. The lowest BCUT2D eigenvalue weighted by atomic mass is 9.72. The highest BCUT2D eigenvalue weighted by atomic mass is 16.3. The van der Waals surface area contributed by atoms with Crippen LogP contribution in [0.1, 0.15) is 88.5 Å². The molecule has 0 unspecified atom stereocenters. The van der Waals surface area contributed by atoms with Gasteiger partial charge in [-0.15, -0.1) is 0 Å². The quantitative estimate of drug-likeness (QED) is 0.151. The second-order valence-corrected chi connectivity index (χ2v) is 11.0. The van der Waals surface area contributed by atoms with Crippen LogP contribution in [0.5, 0.6) is 23.0 Å². The van der Waals surface area contributed by atoms with Crippen molar-refractivity contribution in [2.24, 2.45) is 0 Å². The Bertz CT molecular complexity index is 1200. The zero-order chi connectivity index (χ0) is 29.2. The second kappa shape index (κ2) is 13.9. The predicted molar refractivity (Wildman–Crippen MR) is 164 cm³/mol. The lowest BCUT2D eigenvalue weighted by Crippen LogP contribution is -2.23. The molecule has 40 heavy (non-hydrogen) atoms. The fourth-order valence-corrected chi connectivity index (χ4v) is 5.25. The van der Waals surface area contributed by atoms with Crippen molar-refractivity contribution in [3.63, 3.8) is 0 Å². The van der Waals surface area contributed by atoms with Crippen molar-refractivity contribution in [2.75, 3.05) is 0 Å². The van der Waals surface area contributed by atoms with Crippen LogP contribution >= 0.6 is 0 Å². The third-order valence-corrected chi connectivity index (χ3v) is 8.26. The molecule has 0 aliphatic carbocycles. The van der Waals surface area contributed by atoms with Crippen molar-refractivity contribution in [2.45, 2.75) is 77.0 Å². The van der Waals surface area contributed by atoms with Gasteiger partial charge in [0.1, 0.15) is 23.0 Å². The summed E-state index contributed by atoms with van der Waals surface area (Å²) in [4.78, 5) is 0. The van der Waals surface area contributed by atoms with Gasteiger partial charge in [0.25, 0.3) is 0 Å². The third-order valence-electron chi connectivity index (χ3n) is 8.26. The van der Waals surface area contributed by atoms with Gasteiger partial charge < -0.3 is 20.4 Å². The first kappa shape index (κ1) is 30.6. The number of phenolic OH excluding ortho intramolecular Hbond substituents is 4. The van der Waals surface area contributed by atoms with Crippen LogP contribution in [0.15, 0.2) is 97.1 Å². The number of unbranched alkanes of at least 4 members (excludes halogenated alkanes) is 3. The van der Waals surface area contributed by atoms with E-state index in [1.807, 2.05) is 48.5 Å². The molecule has 4 nitrogen and oxygen atoms in total. The van der Waals surface area contributed by atoms with E-state index < -0.39 is 0 Å². The fraction of sp³-hybridized carbons (Fsp3) is 0.333. The summed E-state index contributed by atoms with van der Waals surface area (Å²) in [6.45, 7) is 8.78. The largest absolute Gasteiger partial charge is 0.508 e. The Hall–Kier alpha value is -3.92. The van der Waals surface area contributed by atoms with E-state index in [0.29, 0.717) is 11.5 Å². The minimum absolute atomic E-state index is 0.102. The van der Waals surface area contributed by atoms with Crippen LogP contribution in [0.3, 0.4) is 0 Å². The molecule has 0 saturated carbocycles. The molecule has 0 bridgehead atoms. The first-order chi connectivity index (χ1) is 19.1. The van der Waals surface area contributed by atoms with Gasteiger partial charge in [-0.3, -0.25) is 0 Å². The molecule has 4 rings (SSSR count). The molecular weight excluding hydrogens is 496 g/mol. The van der Waals surface area contributed by atoms with Crippen molar-refractivity contribution < 1.29 is 20.4 Å². The lowest BCUT2D eigenvalue weighted by Gasteiger charge is -2.31. The van der Waals surface area contributed by atoms with E-state index in [4.69, 9.17) is 0 Å². The maximum atomic E-state index is 9.54. The molecule has 0 spiro atoms. The third kappa shape index (κ3) is 7.59. The highest BCUT2D eigenvalue weighted by Crippen LogP contribution is 2.39. The molecule has 0 aliphatic heterocycles. The molecule has 0 fully saturated rings. The van der Waals surface area contributed by atoms with Crippen LogP contribution in [-0.2, 0) is 10.8 Å². The molecule has 0 atom stereocenters. The van der Waals surface area contributed by atoms with E-state index in [9.17, 15) is 20.4 Å². The molecule has 0 heterocycles.